The molecule has 7 nitrogen and oxygen atoms in total. The van der Waals surface area contributed by atoms with Gasteiger partial charge in [-0.15, -0.1) is 0 Å². The molecule has 23 heavy (non-hydrogen) atoms. The van der Waals surface area contributed by atoms with Gasteiger partial charge in [-0.25, -0.2) is 8.42 Å². The number of fused-ring (bicyclic) bond motifs is 1. The first-order valence-electron chi connectivity index (χ1n) is 6.68. The molecular weight excluding hydrogens is 322 g/mol. The van der Waals surface area contributed by atoms with Crippen LogP contribution in [0.1, 0.15) is 0 Å². The Labute approximate surface area is 133 Å². The summed E-state index contributed by atoms with van der Waals surface area (Å²) >= 11 is 0. The average molecular weight is 337 g/mol. The summed E-state index contributed by atoms with van der Waals surface area (Å²) in [7, 11) is -0.992. The van der Waals surface area contributed by atoms with Crippen LogP contribution >= 0.6 is 0 Å². The van der Waals surface area contributed by atoms with Gasteiger partial charge < -0.3 is 18.9 Å². The van der Waals surface area contributed by atoms with Crippen molar-refractivity contribution in [2.24, 2.45) is 0 Å². The summed E-state index contributed by atoms with van der Waals surface area (Å²) in [5.41, 5.74) is 0.360. The molecule has 0 spiro atoms. The van der Waals surface area contributed by atoms with Crippen LogP contribution in [-0.2, 0) is 10.0 Å². The van der Waals surface area contributed by atoms with Gasteiger partial charge in [0.25, 0.3) is 10.0 Å². The van der Waals surface area contributed by atoms with Gasteiger partial charge in [0.1, 0.15) is 16.4 Å². The van der Waals surface area contributed by atoms with E-state index in [2.05, 4.69) is 4.72 Å². The first kappa shape index (κ1) is 15.3. The van der Waals surface area contributed by atoms with Crippen LogP contribution < -0.4 is 23.7 Å². The highest BCUT2D eigenvalue weighted by molar-refractivity contribution is 7.92. The number of rotatable bonds is 5. The summed E-state index contributed by atoms with van der Waals surface area (Å²) in [4.78, 5) is -0.0167. The SMILES string of the molecule is COc1ccc(OC)c(S(=O)(=O)Nc2ccc3c(c2)OCO3)c1. The van der Waals surface area contributed by atoms with Crippen molar-refractivity contribution >= 4 is 15.7 Å². The van der Waals surface area contributed by atoms with Crippen molar-refractivity contribution in [2.75, 3.05) is 25.7 Å². The number of hydrogen-bond acceptors (Lipinski definition) is 6. The van der Waals surface area contributed by atoms with E-state index in [1.54, 1.807) is 24.3 Å². The lowest BCUT2D eigenvalue weighted by Gasteiger charge is -2.13. The molecule has 1 N–H and O–H groups in total. The smallest absolute Gasteiger partial charge is 0.265 e. The average Bonchev–Trinajstić information content (AvgIpc) is 3.01. The fourth-order valence-electron chi connectivity index (χ4n) is 2.16. The molecule has 1 aliphatic rings. The third-order valence-corrected chi connectivity index (χ3v) is 4.69. The lowest BCUT2D eigenvalue weighted by atomic mass is 10.3. The zero-order valence-corrected chi connectivity index (χ0v) is 13.3. The van der Waals surface area contributed by atoms with Crippen LogP contribution in [0.5, 0.6) is 23.0 Å². The number of benzene rings is 2. The third kappa shape index (κ3) is 2.98. The van der Waals surface area contributed by atoms with Gasteiger partial charge in [0.05, 0.1) is 19.9 Å². The van der Waals surface area contributed by atoms with E-state index in [-0.39, 0.29) is 17.4 Å². The molecule has 0 saturated carbocycles. The molecule has 0 saturated heterocycles. The van der Waals surface area contributed by atoms with Crippen LogP contribution in [0.4, 0.5) is 5.69 Å². The normalized spacial score (nSPS) is 12.8. The molecule has 0 aromatic heterocycles. The lowest BCUT2D eigenvalue weighted by Crippen LogP contribution is -2.14. The Morgan fingerprint density at radius 1 is 1.00 bits per heavy atom. The van der Waals surface area contributed by atoms with E-state index in [9.17, 15) is 8.42 Å². The molecule has 2 aromatic rings. The fourth-order valence-corrected chi connectivity index (χ4v) is 3.40. The molecule has 1 aliphatic heterocycles. The maximum atomic E-state index is 12.6. The van der Waals surface area contributed by atoms with E-state index < -0.39 is 10.0 Å². The molecule has 0 amide bonds. The van der Waals surface area contributed by atoms with E-state index in [0.29, 0.717) is 22.9 Å². The van der Waals surface area contributed by atoms with Crippen molar-refractivity contribution in [1.29, 1.82) is 0 Å². The minimum Gasteiger partial charge on any atom is -0.497 e. The van der Waals surface area contributed by atoms with Crippen LogP contribution in [0, 0.1) is 0 Å². The van der Waals surface area contributed by atoms with E-state index in [1.807, 2.05) is 0 Å². The Kier molecular flexibility index (Phi) is 3.91. The topological polar surface area (TPSA) is 83.1 Å². The molecule has 0 radical (unpaired) electrons. The van der Waals surface area contributed by atoms with Crippen molar-refractivity contribution in [3.8, 4) is 23.0 Å². The standard InChI is InChI=1S/C15H15NO6S/c1-19-11-4-6-13(20-2)15(8-11)23(17,18)16-10-3-5-12-14(7-10)22-9-21-12/h3-8,16H,9H2,1-2H3. The van der Waals surface area contributed by atoms with E-state index in [1.165, 1.54) is 26.4 Å². The highest BCUT2D eigenvalue weighted by Gasteiger charge is 2.22. The largest absolute Gasteiger partial charge is 0.497 e. The van der Waals surface area contributed by atoms with Gasteiger partial charge >= 0.3 is 0 Å². The van der Waals surface area contributed by atoms with Crippen LogP contribution in [0.2, 0.25) is 0 Å². The van der Waals surface area contributed by atoms with Crippen LogP contribution in [0.15, 0.2) is 41.3 Å². The molecule has 0 fully saturated rings. The highest BCUT2D eigenvalue weighted by atomic mass is 32.2. The van der Waals surface area contributed by atoms with Crippen molar-refractivity contribution in [3.63, 3.8) is 0 Å². The molecule has 0 atom stereocenters. The first-order valence-corrected chi connectivity index (χ1v) is 8.16. The van der Waals surface area contributed by atoms with E-state index in [4.69, 9.17) is 18.9 Å². The van der Waals surface area contributed by atoms with Gasteiger partial charge in [-0.1, -0.05) is 0 Å². The van der Waals surface area contributed by atoms with Crippen molar-refractivity contribution in [1.82, 2.24) is 0 Å². The highest BCUT2D eigenvalue weighted by Crippen LogP contribution is 2.36. The van der Waals surface area contributed by atoms with Crippen molar-refractivity contribution in [3.05, 3.63) is 36.4 Å². The molecule has 8 heteroatoms. The second-order valence-electron chi connectivity index (χ2n) is 4.69. The van der Waals surface area contributed by atoms with Crippen LogP contribution in [0.3, 0.4) is 0 Å². The van der Waals surface area contributed by atoms with Gasteiger partial charge in [-0.05, 0) is 24.3 Å². The minimum absolute atomic E-state index is 0.0167. The molecule has 2 aromatic carbocycles. The number of methoxy groups -OCH3 is 2. The summed E-state index contributed by atoms with van der Waals surface area (Å²) in [6.07, 6.45) is 0. The summed E-state index contributed by atoms with van der Waals surface area (Å²) in [6, 6.07) is 9.35. The number of ether oxygens (including phenoxy) is 4. The Balaban J connectivity index is 1.95. The van der Waals surface area contributed by atoms with Crippen molar-refractivity contribution in [2.45, 2.75) is 4.90 Å². The molecule has 122 valence electrons. The van der Waals surface area contributed by atoms with Gasteiger partial charge in [0.2, 0.25) is 6.79 Å². The predicted molar refractivity (Wildman–Crippen MR) is 82.9 cm³/mol. The summed E-state index contributed by atoms with van der Waals surface area (Å²) in [5, 5.41) is 0. The maximum absolute atomic E-state index is 12.6. The van der Waals surface area contributed by atoms with Gasteiger partial charge in [-0.3, -0.25) is 4.72 Å². The summed E-state index contributed by atoms with van der Waals surface area (Å²) < 4.78 is 48.4. The Hall–Kier alpha value is -2.61. The summed E-state index contributed by atoms with van der Waals surface area (Å²) in [5.74, 6) is 1.70. The van der Waals surface area contributed by atoms with Gasteiger partial charge in [0.15, 0.2) is 11.5 Å². The number of nitrogens with one attached hydrogen (secondary N) is 1. The Morgan fingerprint density at radius 2 is 1.78 bits per heavy atom. The zero-order valence-electron chi connectivity index (χ0n) is 12.5. The predicted octanol–water partition coefficient (Wildman–Crippen LogP) is 2.23. The zero-order chi connectivity index (χ0) is 16.4. The fraction of sp³-hybridized carbons (Fsp3) is 0.200. The molecule has 3 rings (SSSR count). The monoisotopic (exact) mass is 337 g/mol. The number of anilines is 1. The van der Waals surface area contributed by atoms with Gasteiger partial charge in [0, 0.05) is 12.1 Å². The van der Waals surface area contributed by atoms with E-state index in [0.717, 1.165) is 0 Å². The van der Waals surface area contributed by atoms with Crippen LogP contribution in [0.25, 0.3) is 0 Å². The summed E-state index contributed by atoms with van der Waals surface area (Å²) in [6.45, 7) is 0.120. The molecule has 0 bridgehead atoms. The van der Waals surface area contributed by atoms with Gasteiger partial charge in [-0.2, -0.15) is 0 Å². The number of hydrogen-bond donors (Lipinski definition) is 1. The second kappa shape index (κ2) is 5.88. The maximum Gasteiger partial charge on any atom is 0.265 e. The molecule has 0 aliphatic carbocycles. The van der Waals surface area contributed by atoms with E-state index >= 15 is 0 Å². The lowest BCUT2D eigenvalue weighted by molar-refractivity contribution is 0.174. The van der Waals surface area contributed by atoms with Crippen molar-refractivity contribution < 1.29 is 27.4 Å². The van der Waals surface area contributed by atoms with Crippen LogP contribution in [-0.4, -0.2) is 29.4 Å². The minimum atomic E-state index is -3.86. The Morgan fingerprint density at radius 3 is 2.52 bits per heavy atom. The molecular formula is C15H15NO6S. The molecule has 1 heterocycles. The molecule has 0 unspecified atom stereocenters. The quantitative estimate of drug-likeness (QED) is 0.901. The Bertz CT molecular complexity index is 834. The first-order chi connectivity index (χ1) is 11.0. The number of sulfonamides is 1. The second-order valence-corrected chi connectivity index (χ2v) is 6.34. The third-order valence-electron chi connectivity index (χ3n) is 3.29.